The summed E-state index contributed by atoms with van der Waals surface area (Å²) in [6.45, 7) is 0. The van der Waals surface area contributed by atoms with Gasteiger partial charge in [-0.15, -0.1) is 11.8 Å². The highest BCUT2D eigenvalue weighted by atomic mass is 32.2. The average molecular weight is 436 g/mol. The molecule has 1 aromatic heterocycles. The summed E-state index contributed by atoms with van der Waals surface area (Å²) < 4.78 is 10.5. The van der Waals surface area contributed by atoms with Gasteiger partial charge in [-0.25, -0.2) is 4.90 Å². The number of rotatable bonds is 7. The van der Waals surface area contributed by atoms with Gasteiger partial charge in [-0.05, 0) is 54.1 Å². The molecule has 9 heteroatoms. The molecule has 0 bridgehead atoms. The van der Waals surface area contributed by atoms with E-state index in [0.717, 1.165) is 4.90 Å². The van der Waals surface area contributed by atoms with Gasteiger partial charge in [0.05, 0.1) is 40.2 Å². The van der Waals surface area contributed by atoms with Crippen LogP contribution in [0.1, 0.15) is 11.3 Å². The standard InChI is InChI=1S/C22H16N2O6S/c1-29-17-10-8-15(9-11-17)23-21(25)19(14-4-6-16(7-5-14)24(27)28)20(22(23)26)31-13-18-3-2-12-30-18/h2-12H,13H2,1H3. The summed E-state index contributed by atoms with van der Waals surface area (Å²) in [4.78, 5) is 38.4. The third-order valence-corrected chi connectivity index (χ3v) is 5.77. The molecule has 2 aromatic carbocycles. The Morgan fingerprint density at radius 2 is 1.74 bits per heavy atom. The van der Waals surface area contributed by atoms with Crippen LogP contribution in [0.4, 0.5) is 11.4 Å². The molecule has 0 spiro atoms. The van der Waals surface area contributed by atoms with Crippen LogP contribution in [-0.2, 0) is 15.3 Å². The molecule has 1 aliphatic heterocycles. The number of nitro groups is 1. The number of carbonyl (C=O) groups excluding carboxylic acids is 2. The summed E-state index contributed by atoms with van der Waals surface area (Å²) in [5.41, 5.74) is 0.941. The third kappa shape index (κ3) is 3.95. The summed E-state index contributed by atoms with van der Waals surface area (Å²) in [5, 5.41) is 11.0. The molecule has 0 aliphatic carbocycles. The van der Waals surface area contributed by atoms with E-state index in [1.807, 2.05) is 0 Å². The molecular weight excluding hydrogens is 420 g/mol. The highest BCUT2D eigenvalue weighted by Crippen LogP contribution is 2.40. The van der Waals surface area contributed by atoms with Gasteiger partial charge < -0.3 is 9.15 Å². The Morgan fingerprint density at radius 1 is 1.03 bits per heavy atom. The minimum Gasteiger partial charge on any atom is -0.497 e. The summed E-state index contributed by atoms with van der Waals surface area (Å²) in [5.74, 6) is 0.655. The number of anilines is 1. The fraction of sp³-hybridized carbons (Fsp3) is 0.0909. The van der Waals surface area contributed by atoms with Crippen LogP contribution < -0.4 is 9.64 Å². The van der Waals surface area contributed by atoms with Crippen molar-refractivity contribution in [2.75, 3.05) is 12.0 Å². The largest absolute Gasteiger partial charge is 0.497 e. The Kier molecular flexibility index (Phi) is 5.59. The second kappa shape index (κ2) is 8.49. The van der Waals surface area contributed by atoms with Gasteiger partial charge in [0.1, 0.15) is 11.5 Å². The maximum absolute atomic E-state index is 13.3. The molecule has 0 unspecified atom stereocenters. The molecule has 8 nitrogen and oxygen atoms in total. The van der Waals surface area contributed by atoms with Gasteiger partial charge in [-0.1, -0.05) is 0 Å². The summed E-state index contributed by atoms with van der Waals surface area (Å²) in [6.07, 6.45) is 1.53. The minimum atomic E-state index is -0.518. The quantitative estimate of drug-likeness (QED) is 0.307. The molecule has 2 amide bonds. The first-order valence-electron chi connectivity index (χ1n) is 9.16. The van der Waals surface area contributed by atoms with Gasteiger partial charge in [-0.3, -0.25) is 19.7 Å². The van der Waals surface area contributed by atoms with Gasteiger partial charge in [0.15, 0.2) is 0 Å². The Balaban J connectivity index is 1.73. The van der Waals surface area contributed by atoms with Gasteiger partial charge in [0, 0.05) is 12.1 Å². The number of amides is 2. The lowest BCUT2D eigenvalue weighted by atomic mass is 10.1. The number of furan rings is 1. The van der Waals surface area contributed by atoms with Crippen molar-refractivity contribution in [1.82, 2.24) is 0 Å². The molecule has 0 saturated heterocycles. The zero-order valence-corrected chi connectivity index (χ0v) is 17.1. The van der Waals surface area contributed by atoms with E-state index in [-0.39, 0.29) is 16.2 Å². The zero-order valence-electron chi connectivity index (χ0n) is 16.3. The maximum atomic E-state index is 13.3. The predicted octanol–water partition coefficient (Wildman–Crippen LogP) is 4.41. The molecule has 31 heavy (non-hydrogen) atoms. The first-order valence-corrected chi connectivity index (χ1v) is 10.2. The number of nitrogens with zero attached hydrogens (tertiary/aromatic N) is 2. The molecule has 0 N–H and O–H groups in total. The Labute approximate surface area is 181 Å². The number of ether oxygens (including phenoxy) is 1. The van der Waals surface area contributed by atoms with Crippen LogP contribution in [0.2, 0.25) is 0 Å². The van der Waals surface area contributed by atoms with Crippen LogP contribution >= 0.6 is 11.8 Å². The van der Waals surface area contributed by atoms with Crippen molar-refractivity contribution in [1.29, 1.82) is 0 Å². The molecule has 0 saturated carbocycles. The Morgan fingerprint density at radius 3 is 2.32 bits per heavy atom. The number of methoxy groups -OCH3 is 1. The van der Waals surface area contributed by atoms with Crippen molar-refractivity contribution in [3.05, 3.63) is 93.3 Å². The average Bonchev–Trinajstić information content (AvgIpc) is 3.38. The number of hydrogen-bond donors (Lipinski definition) is 0. The summed E-state index contributed by atoms with van der Waals surface area (Å²) in [6, 6.07) is 15.7. The van der Waals surface area contributed by atoms with E-state index in [9.17, 15) is 19.7 Å². The number of hydrogen-bond acceptors (Lipinski definition) is 7. The number of non-ortho nitro benzene ring substituents is 1. The van der Waals surface area contributed by atoms with E-state index in [1.165, 1.54) is 49.4 Å². The highest BCUT2D eigenvalue weighted by Gasteiger charge is 2.40. The highest BCUT2D eigenvalue weighted by molar-refractivity contribution is 8.03. The van der Waals surface area contributed by atoms with E-state index < -0.39 is 16.7 Å². The zero-order chi connectivity index (χ0) is 22.0. The fourth-order valence-electron chi connectivity index (χ4n) is 3.15. The Hall–Kier alpha value is -3.85. The lowest BCUT2D eigenvalue weighted by molar-refractivity contribution is -0.384. The predicted molar refractivity (Wildman–Crippen MR) is 116 cm³/mol. The van der Waals surface area contributed by atoms with E-state index in [1.54, 1.807) is 36.4 Å². The lowest BCUT2D eigenvalue weighted by Gasteiger charge is -2.15. The van der Waals surface area contributed by atoms with Crippen molar-refractivity contribution in [3.8, 4) is 5.75 Å². The van der Waals surface area contributed by atoms with Crippen molar-refractivity contribution in [2.45, 2.75) is 5.75 Å². The summed E-state index contributed by atoms with van der Waals surface area (Å²) >= 11 is 1.19. The second-order valence-corrected chi connectivity index (χ2v) is 7.51. The molecular formula is C22H16N2O6S. The fourth-order valence-corrected chi connectivity index (χ4v) is 4.17. The van der Waals surface area contributed by atoms with Gasteiger partial charge in [-0.2, -0.15) is 0 Å². The van der Waals surface area contributed by atoms with Gasteiger partial charge in [0.2, 0.25) is 0 Å². The van der Waals surface area contributed by atoms with Crippen LogP contribution in [0.3, 0.4) is 0 Å². The van der Waals surface area contributed by atoms with Crippen LogP contribution in [0, 0.1) is 10.1 Å². The molecule has 0 fully saturated rings. The number of nitro benzene ring substituents is 1. The first-order chi connectivity index (χ1) is 15.0. The van der Waals surface area contributed by atoms with Crippen molar-refractivity contribution in [2.24, 2.45) is 0 Å². The number of carbonyl (C=O) groups is 2. The Bertz CT molecular complexity index is 1170. The molecule has 0 radical (unpaired) electrons. The van der Waals surface area contributed by atoms with Crippen LogP contribution in [-0.4, -0.2) is 23.8 Å². The number of imide groups is 1. The third-order valence-electron chi connectivity index (χ3n) is 4.68. The normalized spacial score (nSPS) is 13.8. The van der Waals surface area contributed by atoms with Crippen LogP contribution in [0.5, 0.6) is 5.75 Å². The lowest BCUT2D eigenvalue weighted by Crippen LogP contribution is -2.31. The monoisotopic (exact) mass is 436 g/mol. The molecule has 2 heterocycles. The van der Waals surface area contributed by atoms with Crippen LogP contribution in [0.25, 0.3) is 5.57 Å². The van der Waals surface area contributed by atoms with Gasteiger partial charge >= 0.3 is 0 Å². The first kappa shape index (κ1) is 20.4. The molecule has 156 valence electrons. The maximum Gasteiger partial charge on any atom is 0.272 e. The molecule has 4 rings (SSSR count). The van der Waals surface area contributed by atoms with Gasteiger partial charge in [0.25, 0.3) is 17.5 Å². The van der Waals surface area contributed by atoms with E-state index in [4.69, 9.17) is 9.15 Å². The van der Waals surface area contributed by atoms with E-state index >= 15 is 0 Å². The van der Waals surface area contributed by atoms with Crippen LogP contribution in [0.15, 0.2) is 76.2 Å². The smallest absolute Gasteiger partial charge is 0.272 e. The minimum absolute atomic E-state index is 0.0991. The topological polar surface area (TPSA) is 103 Å². The van der Waals surface area contributed by atoms with E-state index in [0.29, 0.717) is 28.5 Å². The molecule has 1 aliphatic rings. The van der Waals surface area contributed by atoms with Crippen molar-refractivity contribution < 1.29 is 23.7 Å². The number of thioether (sulfide) groups is 1. The number of benzene rings is 2. The second-order valence-electron chi connectivity index (χ2n) is 6.52. The van der Waals surface area contributed by atoms with Crippen molar-refractivity contribution in [3.63, 3.8) is 0 Å². The van der Waals surface area contributed by atoms with Crippen molar-refractivity contribution >= 4 is 40.5 Å². The summed E-state index contributed by atoms with van der Waals surface area (Å²) in [7, 11) is 1.53. The molecule has 0 atom stereocenters. The van der Waals surface area contributed by atoms with E-state index in [2.05, 4.69) is 0 Å². The SMILES string of the molecule is COc1ccc(N2C(=O)C(SCc3ccco3)=C(c3ccc([N+](=O)[O-])cc3)C2=O)cc1. The molecule has 3 aromatic rings.